The number of nitrogens with one attached hydrogen (secondary N) is 1. The second-order valence-corrected chi connectivity index (χ2v) is 5.49. The molecule has 1 N–H and O–H groups in total. The maximum absolute atomic E-state index is 11.5. The lowest BCUT2D eigenvalue weighted by atomic mass is 9.95. The van der Waals surface area contributed by atoms with Gasteiger partial charge in [-0.15, -0.1) is 0 Å². The van der Waals surface area contributed by atoms with Crippen molar-refractivity contribution in [3.8, 4) is 0 Å². The van der Waals surface area contributed by atoms with Crippen LogP contribution in [-0.4, -0.2) is 55.1 Å². The zero-order valence-corrected chi connectivity index (χ0v) is 11.1. The fourth-order valence-electron chi connectivity index (χ4n) is 2.99. The molecule has 0 bridgehead atoms. The zero-order valence-electron chi connectivity index (χ0n) is 11.1. The van der Waals surface area contributed by atoms with Crippen LogP contribution in [0.5, 0.6) is 0 Å². The van der Waals surface area contributed by atoms with Gasteiger partial charge >= 0.3 is 6.03 Å². The Hall–Kier alpha value is -0.770. The third-order valence-electron chi connectivity index (χ3n) is 4.30. The summed E-state index contributed by atoms with van der Waals surface area (Å²) >= 11 is 0. The molecule has 17 heavy (non-hydrogen) atoms. The van der Waals surface area contributed by atoms with E-state index in [1.54, 1.807) is 7.05 Å². The fourth-order valence-corrected chi connectivity index (χ4v) is 2.99. The van der Waals surface area contributed by atoms with Crippen LogP contribution in [-0.2, 0) is 0 Å². The van der Waals surface area contributed by atoms with Crippen molar-refractivity contribution in [2.75, 3.05) is 33.2 Å². The topological polar surface area (TPSA) is 35.6 Å². The van der Waals surface area contributed by atoms with Gasteiger partial charge in [-0.3, -0.25) is 0 Å². The van der Waals surface area contributed by atoms with Crippen LogP contribution in [0, 0.1) is 5.92 Å². The van der Waals surface area contributed by atoms with Gasteiger partial charge in [0.1, 0.15) is 0 Å². The van der Waals surface area contributed by atoms with Gasteiger partial charge in [-0.05, 0) is 44.7 Å². The zero-order chi connectivity index (χ0) is 12.3. The molecule has 0 radical (unpaired) electrons. The first kappa shape index (κ1) is 12.7. The van der Waals surface area contributed by atoms with Crippen LogP contribution in [0.1, 0.15) is 32.6 Å². The summed E-state index contributed by atoms with van der Waals surface area (Å²) in [7, 11) is 1.71. The second-order valence-electron chi connectivity index (χ2n) is 5.49. The number of rotatable bonds is 1. The molecule has 0 unspecified atom stereocenters. The van der Waals surface area contributed by atoms with E-state index in [9.17, 15) is 4.79 Å². The van der Waals surface area contributed by atoms with Crippen LogP contribution in [0.25, 0.3) is 0 Å². The molecule has 2 saturated heterocycles. The molecule has 0 spiro atoms. The summed E-state index contributed by atoms with van der Waals surface area (Å²) in [6, 6.07) is 0.791. The van der Waals surface area contributed by atoms with Gasteiger partial charge in [0, 0.05) is 26.2 Å². The van der Waals surface area contributed by atoms with E-state index in [-0.39, 0.29) is 6.03 Å². The molecular weight excluding hydrogens is 214 g/mol. The van der Waals surface area contributed by atoms with E-state index < -0.39 is 0 Å². The first-order valence-corrected chi connectivity index (χ1v) is 6.91. The Morgan fingerprint density at radius 2 is 1.65 bits per heavy atom. The molecule has 0 aromatic heterocycles. The van der Waals surface area contributed by atoms with E-state index in [2.05, 4.69) is 17.1 Å². The molecule has 0 aliphatic carbocycles. The van der Waals surface area contributed by atoms with E-state index in [1.807, 2.05) is 4.90 Å². The summed E-state index contributed by atoms with van der Waals surface area (Å²) in [4.78, 5) is 16.1. The highest BCUT2D eigenvalue weighted by Crippen LogP contribution is 2.23. The largest absolute Gasteiger partial charge is 0.341 e. The van der Waals surface area contributed by atoms with Crippen LogP contribution in [0.3, 0.4) is 0 Å². The molecule has 4 nitrogen and oxygen atoms in total. The van der Waals surface area contributed by atoms with Crippen LogP contribution in [0.15, 0.2) is 0 Å². The first-order valence-electron chi connectivity index (χ1n) is 6.91. The van der Waals surface area contributed by atoms with Gasteiger partial charge in [-0.25, -0.2) is 4.79 Å². The quantitative estimate of drug-likeness (QED) is 0.753. The second kappa shape index (κ2) is 5.71. The van der Waals surface area contributed by atoms with Crippen molar-refractivity contribution in [3.05, 3.63) is 0 Å². The normalized spacial score (nSPS) is 24.9. The minimum Gasteiger partial charge on any atom is -0.341 e. The Morgan fingerprint density at radius 1 is 1.06 bits per heavy atom. The molecule has 0 aromatic rings. The van der Waals surface area contributed by atoms with E-state index in [4.69, 9.17) is 0 Å². The number of carbonyl (C=O) groups excluding carboxylic acids is 1. The fraction of sp³-hybridized carbons (Fsp3) is 0.923. The van der Waals surface area contributed by atoms with E-state index in [1.165, 1.54) is 25.9 Å². The van der Waals surface area contributed by atoms with Gasteiger partial charge in [-0.1, -0.05) is 6.92 Å². The van der Waals surface area contributed by atoms with Crippen LogP contribution in [0.4, 0.5) is 4.79 Å². The van der Waals surface area contributed by atoms with Crippen LogP contribution < -0.4 is 5.32 Å². The summed E-state index contributed by atoms with van der Waals surface area (Å²) in [5.41, 5.74) is 0. The van der Waals surface area contributed by atoms with Gasteiger partial charge in [-0.2, -0.15) is 0 Å². The Bertz CT molecular complexity index is 253. The summed E-state index contributed by atoms with van der Waals surface area (Å²) in [6.07, 6.45) is 4.97. The average Bonchev–Trinajstić information content (AvgIpc) is 2.39. The van der Waals surface area contributed by atoms with Crippen LogP contribution >= 0.6 is 0 Å². The minimum absolute atomic E-state index is 0.0794. The highest BCUT2D eigenvalue weighted by atomic mass is 16.2. The number of amides is 2. The molecule has 2 amide bonds. The lowest BCUT2D eigenvalue weighted by molar-refractivity contribution is 0.0889. The number of likely N-dealkylation sites (tertiary alicyclic amines) is 2. The number of hydrogen-bond donors (Lipinski definition) is 1. The lowest BCUT2D eigenvalue weighted by Crippen LogP contribution is -2.50. The summed E-state index contributed by atoms with van der Waals surface area (Å²) in [5, 5.41) is 2.71. The summed E-state index contributed by atoms with van der Waals surface area (Å²) < 4.78 is 0. The van der Waals surface area contributed by atoms with Gasteiger partial charge in [0.05, 0.1) is 0 Å². The predicted molar refractivity (Wildman–Crippen MR) is 69.0 cm³/mol. The van der Waals surface area contributed by atoms with Crippen molar-refractivity contribution < 1.29 is 4.79 Å². The number of hydrogen-bond acceptors (Lipinski definition) is 2. The maximum Gasteiger partial charge on any atom is 0.317 e. The van der Waals surface area contributed by atoms with Crippen molar-refractivity contribution in [2.45, 2.75) is 38.6 Å². The van der Waals surface area contributed by atoms with Crippen molar-refractivity contribution in [3.63, 3.8) is 0 Å². The van der Waals surface area contributed by atoms with Gasteiger partial charge in [0.2, 0.25) is 0 Å². The third kappa shape index (κ3) is 3.12. The van der Waals surface area contributed by atoms with E-state index in [0.717, 1.165) is 31.8 Å². The Balaban J connectivity index is 1.77. The van der Waals surface area contributed by atoms with Crippen molar-refractivity contribution >= 4 is 6.03 Å². The number of carbonyl (C=O) groups is 1. The lowest BCUT2D eigenvalue weighted by Gasteiger charge is -2.41. The summed E-state index contributed by atoms with van der Waals surface area (Å²) in [6.45, 7) is 6.69. The van der Waals surface area contributed by atoms with E-state index >= 15 is 0 Å². The third-order valence-corrected chi connectivity index (χ3v) is 4.30. The number of piperidine rings is 2. The molecule has 2 rings (SSSR count). The van der Waals surface area contributed by atoms with Crippen LogP contribution in [0.2, 0.25) is 0 Å². The molecule has 0 aromatic carbocycles. The van der Waals surface area contributed by atoms with Gasteiger partial charge in [0.15, 0.2) is 0 Å². The molecule has 2 aliphatic rings. The van der Waals surface area contributed by atoms with Crippen molar-refractivity contribution in [2.24, 2.45) is 5.92 Å². The average molecular weight is 239 g/mol. The molecule has 98 valence electrons. The molecule has 0 atom stereocenters. The predicted octanol–water partition coefficient (Wildman–Crippen LogP) is 1.52. The summed E-state index contributed by atoms with van der Waals surface area (Å²) in [5.74, 6) is 0.900. The standard InChI is InChI=1S/C13H25N3O/c1-11-3-7-15(8-4-11)12-5-9-16(10-6-12)13(17)14-2/h11-12H,3-10H2,1-2H3,(H,14,17). The Morgan fingerprint density at radius 3 is 2.18 bits per heavy atom. The number of nitrogens with zero attached hydrogens (tertiary/aromatic N) is 2. The Labute approximate surface area is 104 Å². The SMILES string of the molecule is CNC(=O)N1CCC(N2CCC(C)CC2)CC1. The molecule has 2 fully saturated rings. The monoisotopic (exact) mass is 239 g/mol. The van der Waals surface area contributed by atoms with Crippen molar-refractivity contribution in [1.29, 1.82) is 0 Å². The maximum atomic E-state index is 11.5. The minimum atomic E-state index is 0.0794. The smallest absolute Gasteiger partial charge is 0.317 e. The highest BCUT2D eigenvalue weighted by Gasteiger charge is 2.28. The first-order chi connectivity index (χ1) is 8.20. The van der Waals surface area contributed by atoms with Gasteiger partial charge in [0.25, 0.3) is 0 Å². The molecule has 2 aliphatic heterocycles. The van der Waals surface area contributed by atoms with Crippen molar-refractivity contribution in [1.82, 2.24) is 15.1 Å². The Kier molecular flexibility index (Phi) is 4.26. The number of urea groups is 1. The molecule has 4 heteroatoms. The highest BCUT2D eigenvalue weighted by molar-refractivity contribution is 5.73. The van der Waals surface area contributed by atoms with Gasteiger partial charge < -0.3 is 15.1 Å². The molecule has 2 heterocycles. The molecule has 0 saturated carbocycles. The van der Waals surface area contributed by atoms with E-state index in [0.29, 0.717) is 6.04 Å². The molecular formula is C13H25N3O.